The number of benzene rings is 2. The van der Waals surface area contributed by atoms with Gasteiger partial charge in [-0.3, -0.25) is 0 Å². The number of rotatable bonds is 8. The van der Waals surface area contributed by atoms with Gasteiger partial charge in [0.15, 0.2) is 5.11 Å². The Bertz CT molecular complexity index is 1150. The van der Waals surface area contributed by atoms with E-state index in [0.29, 0.717) is 42.1 Å². The number of aromatic nitrogens is 2. The molecule has 2 aromatic carbocycles. The van der Waals surface area contributed by atoms with E-state index in [4.69, 9.17) is 26.2 Å². The lowest BCUT2D eigenvalue weighted by Crippen LogP contribution is -2.47. The molecule has 1 N–H and O–H groups in total. The van der Waals surface area contributed by atoms with Crippen LogP contribution in [-0.4, -0.2) is 47.0 Å². The van der Waals surface area contributed by atoms with Gasteiger partial charge in [0, 0.05) is 24.9 Å². The Morgan fingerprint density at radius 3 is 2.55 bits per heavy atom. The van der Waals surface area contributed by atoms with Crippen LogP contribution in [0.15, 0.2) is 58.8 Å². The van der Waals surface area contributed by atoms with Gasteiger partial charge in [0.25, 0.3) is 5.89 Å². The van der Waals surface area contributed by atoms with Gasteiger partial charge in [-0.15, -0.1) is 0 Å². The molecule has 1 aromatic heterocycles. The molecule has 172 valence electrons. The molecule has 0 spiro atoms. The highest BCUT2D eigenvalue weighted by molar-refractivity contribution is 7.80. The van der Waals surface area contributed by atoms with Crippen LogP contribution in [0.25, 0.3) is 17.0 Å². The van der Waals surface area contributed by atoms with E-state index in [2.05, 4.69) is 15.5 Å². The normalized spacial score (nSPS) is 16.2. The molecule has 0 aliphatic carbocycles. The van der Waals surface area contributed by atoms with Crippen LogP contribution in [0.3, 0.4) is 0 Å². The summed E-state index contributed by atoms with van der Waals surface area (Å²) in [5.74, 6) is 1.21. The molecule has 0 amide bonds. The number of nitrogens with one attached hydrogen (secondary N) is 1. The van der Waals surface area contributed by atoms with E-state index in [-0.39, 0.29) is 11.9 Å². The summed E-state index contributed by atoms with van der Waals surface area (Å²) >= 11 is 5.66. The molecule has 33 heavy (non-hydrogen) atoms. The van der Waals surface area contributed by atoms with Crippen molar-refractivity contribution < 1.29 is 18.4 Å². The zero-order chi connectivity index (χ0) is 23.4. The van der Waals surface area contributed by atoms with Crippen molar-refractivity contribution in [1.29, 1.82) is 0 Å². The second-order valence-electron chi connectivity index (χ2n) is 7.46. The summed E-state index contributed by atoms with van der Waals surface area (Å²) < 4.78 is 29.8. The van der Waals surface area contributed by atoms with Crippen LogP contribution < -0.4 is 10.1 Å². The molecule has 0 saturated carbocycles. The Hall–Kier alpha value is -3.30. The molecule has 0 radical (unpaired) electrons. The van der Waals surface area contributed by atoms with Crippen molar-refractivity contribution >= 4 is 22.9 Å². The fraction of sp³-hybridized carbons (Fsp3) is 0.292. The van der Waals surface area contributed by atoms with Crippen LogP contribution in [-0.2, 0) is 4.74 Å². The van der Waals surface area contributed by atoms with E-state index in [1.54, 1.807) is 19.2 Å². The first kappa shape index (κ1) is 22.9. The van der Waals surface area contributed by atoms with Gasteiger partial charge in [-0.25, -0.2) is 4.39 Å². The van der Waals surface area contributed by atoms with Crippen LogP contribution in [0.1, 0.15) is 31.3 Å². The Morgan fingerprint density at radius 2 is 1.88 bits per heavy atom. The van der Waals surface area contributed by atoms with Crippen LogP contribution in [0.2, 0.25) is 0 Å². The second-order valence-corrected chi connectivity index (χ2v) is 7.84. The summed E-state index contributed by atoms with van der Waals surface area (Å²) in [6.45, 7) is 5.60. The first-order valence-electron chi connectivity index (χ1n) is 10.6. The summed E-state index contributed by atoms with van der Waals surface area (Å²) in [5.41, 5.74) is 3.34. The van der Waals surface area contributed by atoms with Gasteiger partial charge in [0.1, 0.15) is 11.6 Å². The maximum Gasteiger partial charge on any atom is 0.258 e. The number of hydrogen-bond donors (Lipinski definition) is 1. The number of ether oxygens (including phenoxy) is 2. The summed E-state index contributed by atoms with van der Waals surface area (Å²) in [7, 11) is 1.65. The largest absolute Gasteiger partial charge is 0.494 e. The second kappa shape index (κ2) is 10.1. The summed E-state index contributed by atoms with van der Waals surface area (Å²) in [4.78, 5) is 6.58. The Balaban J connectivity index is 1.75. The van der Waals surface area contributed by atoms with Crippen molar-refractivity contribution in [3.8, 4) is 17.1 Å². The van der Waals surface area contributed by atoms with Gasteiger partial charge in [-0.1, -0.05) is 17.3 Å². The molecule has 0 fully saturated rings. The minimum Gasteiger partial charge on any atom is -0.494 e. The van der Waals surface area contributed by atoms with Gasteiger partial charge in [0.2, 0.25) is 5.82 Å². The zero-order valence-electron chi connectivity index (χ0n) is 18.7. The standard InChI is InChI=1S/C24H25FN4O3S/c1-4-31-19-11-7-16(8-12-19)21-20(15(2)29(13-14-30-3)24(33)26-21)23-27-22(28-32-23)17-5-9-18(25)10-6-17/h5-12,21H,4,13-14H2,1-3H3,(H,26,33). The van der Waals surface area contributed by atoms with E-state index in [9.17, 15) is 4.39 Å². The van der Waals surface area contributed by atoms with E-state index in [0.717, 1.165) is 22.6 Å². The molecule has 2 heterocycles. The van der Waals surface area contributed by atoms with Crippen molar-refractivity contribution in [2.45, 2.75) is 19.9 Å². The molecule has 9 heteroatoms. The lowest BCUT2D eigenvalue weighted by atomic mass is 9.94. The van der Waals surface area contributed by atoms with Crippen molar-refractivity contribution in [2.24, 2.45) is 0 Å². The van der Waals surface area contributed by atoms with Crippen molar-refractivity contribution in [3.63, 3.8) is 0 Å². The highest BCUT2D eigenvalue weighted by Crippen LogP contribution is 2.37. The average molecular weight is 469 g/mol. The minimum absolute atomic E-state index is 0.298. The number of thiocarbonyl (C=S) groups is 1. The third-order valence-electron chi connectivity index (χ3n) is 5.40. The highest BCUT2D eigenvalue weighted by atomic mass is 32.1. The SMILES string of the molecule is CCOc1ccc(C2NC(=S)N(CCOC)C(C)=C2c2nc(-c3ccc(F)cc3)no2)cc1. The van der Waals surface area contributed by atoms with Crippen LogP contribution in [0, 0.1) is 5.82 Å². The molecule has 1 aliphatic heterocycles. The van der Waals surface area contributed by atoms with E-state index >= 15 is 0 Å². The fourth-order valence-electron chi connectivity index (χ4n) is 3.73. The summed E-state index contributed by atoms with van der Waals surface area (Å²) in [5, 5.41) is 8.12. The van der Waals surface area contributed by atoms with Gasteiger partial charge in [-0.2, -0.15) is 4.98 Å². The van der Waals surface area contributed by atoms with Crippen molar-refractivity contribution in [3.05, 3.63) is 71.5 Å². The molecule has 0 bridgehead atoms. The topological polar surface area (TPSA) is 72.7 Å². The molecule has 4 rings (SSSR count). The molecule has 3 aromatic rings. The predicted octanol–water partition coefficient (Wildman–Crippen LogP) is 4.58. The van der Waals surface area contributed by atoms with E-state index in [1.807, 2.05) is 43.0 Å². The smallest absolute Gasteiger partial charge is 0.258 e. The summed E-state index contributed by atoms with van der Waals surface area (Å²) in [6, 6.07) is 13.5. The number of halogens is 1. The van der Waals surface area contributed by atoms with E-state index in [1.165, 1.54) is 12.1 Å². The molecular weight excluding hydrogens is 443 g/mol. The van der Waals surface area contributed by atoms with Crippen molar-refractivity contribution in [2.75, 3.05) is 26.9 Å². The van der Waals surface area contributed by atoms with Crippen LogP contribution in [0.4, 0.5) is 4.39 Å². The highest BCUT2D eigenvalue weighted by Gasteiger charge is 2.34. The molecule has 7 nitrogen and oxygen atoms in total. The Morgan fingerprint density at radius 1 is 1.15 bits per heavy atom. The lowest BCUT2D eigenvalue weighted by molar-refractivity contribution is 0.183. The first-order valence-corrected chi connectivity index (χ1v) is 11.0. The fourth-order valence-corrected chi connectivity index (χ4v) is 4.08. The van der Waals surface area contributed by atoms with Crippen LogP contribution >= 0.6 is 12.2 Å². The number of nitrogens with zero attached hydrogens (tertiary/aromatic N) is 3. The van der Waals surface area contributed by atoms with Gasteiger partial charge >= 0.3 is 0 Å². The molecule has 0 saturated heterocycles. The molecule has 1 atom stereocenters. The third kappa shape index (κ3) is 4.89. The first-order chi connectivity index (χ1) is 16.0. The molecule has 1 aliphatic rings. The molecular formula is C24H25FN4O3S. The number of hydrogen-bond acceptors (Lipinski definition) is 6. The number of allylic oxidation sites excluding steroid dienone is 1. The van der Waals surface area contributed by atoms with E-state index < -0.39 is 0 Å². The zero-order valence-corrected chi connectivity index (χ0v) is 19.5. The van der Waals surface area contributed by atoms with Crippen molar-refractivity contribution in [1.82, 2.24) is 20.4 Å². The van der Waals surface area contributed by atoms with Crippen LogP contribution in [0.5, 0.6) is 5.75 Å². The summed E-state index contributed by atoms with van der Waals surface area (Å²) in [6.07, 6.45) is 0. The quantitative estimate of drug-likeness (QED) is 0.482. The Labute approximate surface area is 197 Å². The van der Waals surface area contributed by atoms with Gasteiger partial charge in [-0.05, 0) is 68.0 Å². The predicted molar refractivity (Wildman–Crippen MR) is 127 cm³/mol. The lowest BCUT2D eigenvalue weighted by Gasteiger charge is -2.37. The number of methoxy groups -OCH3 is 1. The average Bonchev–Trinajstić information content (AvgIpc) is 3.29. The minimum atomic E-state index is -0.324. The monoisotopic (exact) mass is 468 g/mol. The third-order valence-corrected chi connectivity index (χ3v) is 5.74. The molecule has 1 unspecified atom stereocenters. The van der Waals surface area contributed by atoms with Gasteiger partial charge < -0.3 is 24.2 Å². The maximum absolute atomic E-state index is 13.3. The Kier molecular flexibility index (Phi) is 7.00. The van der Waals surface area contributed by atoms with Gasteiger partial charge in [0.05, 0.1) is 24.8 Å². The maximum atomic E-state index is 13.3.